The maximum Gasteiger partial charge on any atom is 0.409 e. The molecular weight excluding hydrogens is 612 g/mol. The lowest BCUT2D eigenvalue weighted by atomic mass is 10.0. The molecule has 3 atom stereocenters. The average molecular weight is 674 g/mol. The highest BCUT2D eigenvalue weighted by molar-refractivity contribution is 5.69. The lowest BCUT2D eigenvalue weighted by molar-refractivity contribution is -0.697. The molecule has 0 radical (unpaired) electrons. The van der Waals surface area contributed by atoms with Crippen LogP contribution >= 0.6 is 0 Å². The number of halogens is 1. The van der Waals surface area contributed by atoms with E-state index < -0.39 is 18.4 Å². The molecule has 1 aromatic heterocycles. The number of carbonyl (C=O) groups excluding carboxylic acids is 1. The molecule has 0 spiro atoms. The molecule has 0 bridgehead atoms. The second-order valence-electron chi connectivity index (χ2n) is 11.6. The number of pyridine rings is 1. The Hall–Kier alpha value is -1.71. The van der Waals surface area contributed by atoms with Crippen LogP contribution in [0.1, 0.15) is 135 Å². The van der Waals surface area contributed by atoms with E-state index in [0.29, 0.717) is 6.61 Å². The summed E-state index contributed by atoms with van der Waals surface area (Å²) >= 11 is 0. The van der Waals surface area contributed by atoms with Crippen LogP contribution in [0.15, 0.2) is 24.5 Å². The van der Waals surface area contributed by atoms with Gasteiger partial charge in [0.1, 0.15) is 12.6 Å². The van der Waals surface area contributed by atoms with Gasteiger partial charge in [0.2, 0.25) is 6.29 Å². The maximum absolute atomic E-state index is 12.6. The smallest absolute Gasteiger partial charge is 0.409 e. The van der Waals surface area contributed by atoms with E-state index in [4.69, 9.17) is 19.3 Å². The van der Waals surface area contributed by atoms with Gasteiger partial charge in [-0.15, -0.1) is 0 Å². The zero-order chi connectivity index (χ0) is 30.8. The van der Waals surface area contributed by atoms with Gasteiger partial charge in [0, 0.05) is 31.2 Å². The highest BCUT2D eigenvalue weighted by atomic mass is 79.9. The number of carboxylic acid groups (broad SMARTS) is 1. The quantitative estimate of drug-likeness (QED) is 0.0796. The number of nitrogens with zero attached hydrogens (tertiary/aromatic N) is 1. The summed E-state index contributed by atoms with van der Waals surface area (Å²) in [6.07, 6.45) is 22.9. The van der Waals surface area contributed by atoms with Crippen molar-refractivity contribution in [2.45, 2.75) is 161 Å². The zero-order valence-corrected chi connectivity index (χ0v) is 29.1. The molecule has 3 unspecified atom stereocenters. The topological polar surface area (TPSA) is 98.0 Å². The van der Waals surface area contributed by atoms with Crippen LogP contribution in [0.4, 0.5) is 4.79 Å². The van der Waals surface area contributed by atoms with Crippen LogP contribution < -0.4 is 26.9 Å². The van der Waals surface area contributed by atoms with Crippen molar-refractivity contribution in [1.82, 2.24) is 5.32 Å². The van der Waals surface area contributed by atoms with E-state index in [-0.39, 0.29) is 35.5 Å². The molecule has 0 aromatic carbocycles. The Morgan fingerprint density at radius 2 is 1.51 bits per heavy atom. The third kappa shape index (κ3) is 22.5. The molecule has 43 heavy (non-hydrogen) atoms. The Morgan fingerprint density at radius 3 is 2.07 bits per heavy atom. The Bertz CT molecular complexity index is 828. The van der Waals surface area contributed by atoms with Crippen LogP contribution in [0, 0.1) is 0 Å². The van der Waals surface area contributed by atoms with E-state index >= 15 is 0 Å². The van der Waals surface area contributed by atoms with Crippen molar-refractivity contribution in [3.8, 4) is 0 Å². The number of aryl methyl sites for hydroxylation is 1. The summed E-state index contributed by atoms with van der Waals surface area (Å²) in [7, 11) is 1.58. The summed E-state index contributed by atoms with van der Waals surface area (Å²) in [5, 5.41) is 12.0. The van der Waals surface area contributed by atoms with E-state index in [1.807, 2.05) is 36.0 Å². The number of rotatable bonds is 27. The second-order valence-corrected chi connectivity index (χ2v) is 11.6. The maximum atomic E-state index is 12.6. The molecule has 8 nitrogen and oxygen atoms in total. The number of carboxylic acids is 1. The second kappa shape index (κ2) is 27.8. The first-order valence-corrected chi connectivity index (χ1v) is 16.7. The lowest BCUT2D eigenvalue weighted by Gasteiger charge is -2.25. The largest absolute Gasteiger partial charge is 1.00 e. The summed E-state index contributed by atoms with van der Waals surface area (Å²) in [5.74, 6) is -0.840. The fraction of sp³-hybridized carbons (Fsp3) is 0.794. The molecule has 2 N–H and O–H groups in total. The number of nitrogens with one attached hydrogen (secondary N) is 1. The molecule has 1 heterocycles. The van der Waals surface area contributed by atoms with Crippen LogP contribution in [0.2, 0.25) is 0 Å². The van der Waals surface area contributed by atoms with Gasteiger partial charge in [-0.3, -0.25) is 4.79 Å². The minimum absolute atomic E-state index is 0. The van der Waals surface area contributed by atoms with Gasteiger partial charge in [-0.05, 0) is 32.3 Å². The predicted octanol–water partition coefficient (Wildman–Crippen LogP) is 4.75. The lowest BCUT2D eigenvalue weighted by Crippen LogP contribution is -3.00. The fourth-order valence-corrected chi connectivity index (χ4v) is 5.06. The summed E-state index contributed by atoms with van der Waals surface area (Å²) < 4.78 is 18.9. The van der Waals surface area contributed by atoms with Crippen LogP contribution in [0.25, 0.3) is 0 Å². The SMILES string of the molecule is CCCCCCCCCCCCCCCC(CC)NC(=O)OC(OCCCC[n+]1cccc(CC(=O)O)c1)C(C)OC.[Br-]. The number of methoxy groups -OCH3 is 1. The molecular formula is C34H61BrN2O6. The van der Waals surface area contributed by atoms with E-state index in [0.717, 1.165) is 44.2 Å². The minimum atomic E-state index is -0.840. The Labute approximate surface area is 272 Å². The summed E-state index contributed by atoms with van der Waals surface area (Å²) in [4.78, 5) is 23.6. The summed E-state index contributed by atoms with van der Waals surface area (Å²) in [6.45, 7) is 7.36. The van der Waals surface area contributed by atoms with Crippen LogP contribution in [-0.2, 0) is 32.0 Å². The van der Waals surface area contributed by atoms with Gasteiger partial charge in [0.25, 0.3) is 0 Å². The molecule has 0 aliphatic carbocycles. The number of carbonyl (C=O) groups is 2. The normalized spacial score (nSPS) is 13.1. The van der Waals surface area contributed by atoms with Gasteiger partial charge in [0.15, 0.2) is 12.4 Å². The van der Waals surface area contributed by atoms with Gasteiger partial charge < -0.3 is 41.6 Å². The van der Waals surface area contributed by atoms with Gasteiger partial charge in [-0.2, -0.15) is 0 Å². The van der Waals surface area contributed by atoms with Crippen molar-refractivity contribution < 1.29 is 50.5 Å². The molecule has 0 saturated carbocycles. The average Bonchev–Trinajstić information content (AvgIpc) is 2.97. The molecule has 1 rings (SSSR count). The Balaban J connectivity index is 0.0000176. The standard InChI is InChI=1S/C34H60N2O6.BrH/c1-5-7-8-9-10-11-12-13-14-15-16-17-18-23-31(6-2)35-34(39)42-33(29(3)40-4)41-26-20-19-24-36-25-21-22-30(28-36)27-32(37)38;/h21-22,25,28-29,31,33H,5-20,23-24,26-27H2,1-4H3,(H-,35,37,38,39);1H. The number of hydrogen-bond acceptors (Lipinski definition) is 5. The van der Waals surface area contributed by atoms with Gasteiger partial charge in [-0.1, -0.05) is 97.3 Å². The van der Waals surface area contributed by atoms with Crippen molar-refractivity contribution in [3.63, 3.8) is 0 Å². The predicted molar refractivity (Wildman–Crippen MR) is 167 cm³/mol. The number of aromatic nitrogens is 1. The van der Waals surface area contributed by atoms with Crippen LogP contribution in [0.5, 0.6) is 0 Å². The third-order valence-electron chi connectivity index (χ3n) is 7.82. The first kappa shape index (κ1) is 41.3. The van der Waals surface area contributed by atoms with Crippen LogP contribution in [-0.4, -0.2) is 49.3 Å². The van der Waals surface area contributed by atoms with Gasteiger partial charge in [0.05, 0.1) is 13.0 Å². The first-order chi connectivity index (χ1) is 20.4. The molecule has 0 saturated heterocycles. The molecule has 0 aliphatic rings. The van der Waals surface area contributed by atoms with Crippen molar-refractivity contribution in [3.05, 3.63) is 30.1 Å². The van der Waals surface area contributed by atoms with E-state index in [1.54, 1.807) is 7.11 Å². The number of hydrogen-bond donors (Lipinski definition) is 2. The number of amides is 1. The van der Waals surface area contributed by atoms with E-state index in [1.165, 1.54) is 77.0 Å². The third-order valence-corrected chi connectivity index (χ3v) is 7.82. The monoisotopic (exact) mass is 672 g/mol. The summed E-state index contributed by atoms with van der Waals surface area (Å²) in [6, 6.07) is 3.77. The van der Waals surface area contributed by atoms with Crippen molar-refractivity contribution >= 4 is 12.1 Å². The molecule has 1 amide bonds. The van der Waals surface area contributed by atoms with Crippen molar-refractivity contribution in [2.24, 2.45) is 0 Å². The van der Waals surface area contributed by atoms with Crippen LogP contribution in [0.3, 0.4) is 0 Å². The number of ether oxygens (including phenoxy) is 3. The molecule has 250 valence electrons. The summed E-state index contributed by atoms with van der Waals surface area (Å²) in [5.41, 5.74) is 0.772. The number of unbranched alkanes of at least 4 members (excludes halogenated alkanes) is 13. The molecule has 0 fully saturated rings. The number of alkyl carbamates (subject to hydrolysis) is 1. The van der Waals surface area contributed by atoms with Gasteiger partial charge in [-0.25, -0.2) is 9.36 Å². The highest BCUT2D eigenvalue weighted by Gasteiger charge is 2.23. The Kier molecular flexibility index (Phi) is 26.7. The molecule has 1 aromatic rings. The van der Waals surface area contributed by atoms with E-state index in [9.17, 15) is 9.59 Å². The fourth-order valence-electron chi connectivity index (χ4n) is 5.06. The first-order valence-electron chi connectivity index (χ1n) is 16.7. The number of aliphatic carboxylic acids is 1. The van der Waals surface area contributed by atoms with Crippen molar-refractivity contribution in [2.75, 3.05) is 13.7 Å². The molecule has 0 aliphatic heterocycles. The molecule has 9 heteroatoms. The van der Waals surface area contributed by atoms with Gasteiger partial charge >= 0.3 is 12.1 Å². The highest BCUT2D eigenvalue weighted by Crippen LogP contribution is 2.14. The zero-order valence-electron chi connectivity index (χ0n) is 27.5. The van der Waals surface area contributed by atoms with E-state index in [2.05, 4.69) is 19.2 Å². The Morgan fingerprint density at radius 1 is 0.907 bits per heavy atom. The van der Waals surface area contributed by atoms with Crippen molar-refractivity contribution in [1.29, 1.82) is 0 Å². The minimum Gasteiger partial charge on any atom is -1.00 e.